The van der Waals surface area contributed by atoms with Crippen LogP contribution in [-0.4, -0.2) is 46.8 Å². The summed E-state index contributed by atoms with van der Waals surface area (Å²) >= 11 is 0. The molecule has 0 bridgehead atoms. The van der Waals surface area contributed by atoms with E-state index in [0.29, 0.717) is 18.4 Å². The van der Waals surface area contributed by atoms with Gasteiger partial charge in [0.2, 0.25) is 0 Å². The minimum atomic E-state index is -4.20. The van der Waals surface area contributed by atoms with Gasteiger partial charge in [0.05, 0.1) is 6.54 Å². The van der Waals surface area contributed by atoms with Gasteiger partial charge in [-0.15, -0.1) is 0 Å². The van der Waals surface area contributed by atoms with Crippen LogP contribution in [0.2, 0.25) is 0 Å². The molecule has 1 aromatic heterocycles. The summed E-state index contributed by atoms with van der Waals surface area (Å²) in [6.45, 7) is 1.28. The highest BCUT2D eigenvalue weighted by Crippen LogP contribution is 2.19. The largest absolute Gasteiger partial charge is 0.406 e. The Morgan fingerprint density at radius 1 is 1.47 bits per heavy atom. The van der Waals surface area contributed by atoms with Crippen LogP contribution in [0.5, 0.6) is 0 Å². The van der Waals surface area contributed by atoms with Crippen molar-refractivity contribution in [2.45, 2.75) is 38.1 Å². The van der Waals surface area contributed by atoms with E-state index in [4.69, 9.17) is 0 Å². The topological polar surface area (TPSA) is 33.1 Å². The lowest BCUT2D eigenvalue weighted by Crippen LogP contribution is -2.44. The number of imidazole rings is 1. The molecule has 1 fully saturated rings. The van der Waals surface area contributed by atoms with Crippen LogP contribution in [0.4, 0.5) is 13.2 Å². The highest BCUT2D eigenvalue weighted by molar-refractivity contribution is 4.94. The molecule has 0 amide bonds. The number of hydrogen-bond acceptors (Lipinski definition) is 3. The molecule has 0 radical (unpaired) electrons. The molecule has 19 heavy (non-hydrogen) atoms. The number of aromatic nitrogens is 2. The summed E-state index contributed by atoms with van der Waals surface area (Å²) in [6.07, 6.45) is 0.795. The maximum Gasteiger partial charge on any atom is 0.406 e. The van der Waals surface area contributed by atoms with Crippen molar-refractivity contribution < 1.29 is 13.2 Å². The number of rotatable bonds is 4. The van der Waals surface area contributed by atoms with Gasteiger partial charge >= 0.3 is 6.18 Å². The van der Waals surface area contributed by atoms with E-state index in [1.807, 2.05) is 7.05 Å². The van der Waals surface area contributed by atoms with Gasteiger partial charge in [-0.1, -0.05) is 0 Å². The molecule has 1 saturated heterocycles. The number of nitrogens with zero attached hydrogens (tertiary/aromatic N) is 3. The van der Waals surface area contributed by atoms with Gasteiger partial charge in [0.1, 0.15) is 12.4 Å². The fraction of sp³-hybridized carbons (Fsp3) is 0.750. The van der Waals surface area contributed by atoms with E-state index in [1.165, 1.54) is 17.0 Å². The summed E-state index contributed by atoms with van der Waals surface area (Å²) in [5, 5.41) is 3.22. The number of nitrogens with one attached hydrogen (secondary N) is 1. The van der Waals surface area contributed by atoms with E-state index in [0.717, 1.165) is 25.9 Å². The molecule has 2 rings (SSSR count). The van der Waals surface area contributed by atoms with Crippen LogP contribution in [0.15, 0.2) is 12.4 Å². The summed E-state index contributed by atoms with van der Waals surface area (Å²) in [6, 6.07) is 0.416. The summed E-state index contributed by atoms with van der Waals surface area (Å²) in [4.78, 5) is 6.20. The first-order chi connectivity index (χ1) is 8.98. The highest BCUT2D eigenvalue weighted by atomic mass is 19.4. The fourth-order valence-electron chi connectivity index (χ4n) is 2.46. The molecule has 1 aromatic rings. The maximum atomic E-state index is 12.4. The lowest BCUT2D eigenvalue weighted by atomic mass is 10.1. The Morgan fingerprint density at radius 2 is 2.26 bits per heavy atom. The SMILES string of the molecule is CNC1CCCN(Cc2nccn2CC(F)(F)F)C1. The van der Waals surface area contributed by atoms with E-state index in [9.17, 15) is 13.2 Å². The van der Waals surface area contributed by atoms with Crippen molar-refractivity contribution in [1.82, 2.24) is 19.8 Å². The number of likely N-dealkylation sites (N-methyl/N-ethyl adjacent to an activating group) is 1. The molecule has 2 heterocycles. The monoisotopic (exact) mass is 276 g/mol. The third-order valence-corrected chi connectivity index (χ3v) is 3.43. The molecule has 1 aliphatic heterocycles. The van der Waals surface area contributed by atoms with E-state index in [-0.39, 0.29) is 0 Å². The van der Waals surface area contributed by atoms with Gasteiger partial charge < -0.3 is 9.88 Å². The average molecular weight is 276 g/mol. The number of hydrogen-bond donors (Lipinski definition) is 1. The Hall–Kier alpha value is -1.08. The third kappa shape index (κ3) is 4.21. The minimum absolute atomic E-state index is 0.416. The zero-order chi connectivity index (χ0) is 13.9. The van der Waals surface area contributed by atoms with Crippen molar-refractivity contribution in [3.8, 4) is 0 Å². The van der Waals surface area contributed by atoms with Crippen molar-refractivity contribution in [2.75, 3.05) is 20.1 Å². The second kappa shape index (κ2) is 5.92. The van der Waals surface area contributed by atoms with E-state index < -0.39 is 12.7 Å². The number of alkyl halides is 3. The predicted molar refractivity (Wildman–Crippen MR) is 65.6 cm³/mol. The van der Waals surface area contributed by atoms with Crippen molar-refractivity contribution in [3.63, 3.8) is 0 Å². The lowest BCUT2D eigenvalue weighted by Gasteiger charge is -2.32. The van der Waals surface area contributed by atoms with Crippen LogP contribution in [0.1, 0.15) is 18.7 Å². The molecule has 1 N–H and O–H groups in total. The Morgan fingerprint density at radius 3 is 2.95 bits per heavy atom. The van der Waals surface area contributed by atoms with E-state index in [2.05, 4.69) is 15.2 Å². The molecule has 1 unspecified atom stereocenters. The van der Waals surface area contributed by atoms with Crippen molar-refractivity contribution in [1.29, 1.82) is 0 Å². The maximum absolute atomic E-state index is 12.4. The van der Waals surface area contributed by atoms with Gasteiger partial charge in [-0.3, -0.25) is 4.90 Å². The molecule has 0 aromatic carbocycles. The number of halogens is 3. The first kappa shape index (κ1) is 14.3. The molecule has 1 aliphatic rings. The highest BCUT2D eigenvalue weighted by Gasteiger charge is 2.29. The van der Waals surface area contributed by atoms with E-state index in [1.54, 1.807) is 0 Å². The first-order valence-corrected chi connectivity index (χ1v) is 6.44. The van der Waals surface area contributed by atoms with Gasteiger partial charge in [-0.25, -0.2) is 4.98 Å². The summed E-state index contributed by atoms with van der Waals surface area (Å²) in [5.74, 6) is 0.481. The molecular formula is C12H19F3N4. The van der Waals surface area contributed by atoms with Crippen LogP contribution >= 0.6 is 0 Å². The second-order valence-corrected chi connectivity index (χ2v) is 4.95. The van der Waals surface area contributed by atoms with Gasteiger partial charge in [-0.05, 0) is 26.4 Å². The molecule has 0 spiro atoms. The third-order valence-electron chi connectivity index (χ3n) is 3.43. The molecule has 1 atom stereocenters. The minimum Gasteiger partial charge on any atom is -0.325 e. The first-order valence-electron chi connectivity index (χ1n) is 6.44. The van der Waals surface area contributed by atoms with Gasteiger partial charge in [0.25, 0.3) is 0 Å². The second-order valence-electron chi connectivity index (χ2n) is 4.95. The van der Waals surface area contributed by atoms with Crippen LogP contribution in [0.25, 0.3) is 0 Å². The van der Waals surface area contributed by atoms with Crippen molar-refractivity contribution in [3.05, 3.63) is 18.2 Å². The molecule has 4 nitrogen and oxygen atoms in total. The average Bonchev–Trinajstić information content (AvgIpc) is 2.74. The Labute approximate surface area is 110 Å². The predicted octanol–water partition coefficient (Wildman–Crippen LogP) is 1.63. The zero-order valence-corrected chi connectivity index (χ0v) is 11.0. The van der Waals surface area contributed by atoms with Crippen LogP contribution in [0, 0.1) is 0 Å². The lowest BCUT2D eigenvalue weighted by molar-refractivity contribution is -0.141. The fourth-order valence-corrected chi connectivity index (χ4v) is 2.46. The van der Waals surface area contributed by atoms with Gasteiger partial charge in [-0.2, -0.15) is 13.2 Å². The van der Waals surface area contributed by atoms with Gasteiger partial charge in [0, 0.05) is 25.0 Å². The quantitative estimate of drug-likeness (QED) is 0.907. The van der Waals surface area contributed by atoms with Crippen molar-refractivity contribution in [2.24, 2.45) is 0 Å². The van der Waals surface area contributed by atoms with Gasteiger partial charge in [0.15, 0.2) is 0 Å². The van der Waals surface area contributed by atoms with Crippen molar-refractivity contribution >= 4 is 0 Å². The number of piperidine rings is 1. The standard InChI is InChI=1S/C12H19F3N4/c1-16-10-3-2-5-18(7-10)8-11-17-4-6-19(11)9-12(13,14)15/h4,6,10,16H,2-3,5,7-9H2,1H3. The normalized spacial score (nSPS) is 21.8. The zero-order valence-electron chi connectivity index (χ0n) is 11.0. The molecule has 0 aliphatic carbocycles. The van der Waals surface area contributed by atoms with Crippen LogP contribution in [-0.2, 0) is 13.1 Å². The smallest absolute Gasteiger partial charge is 0.325 e. The van der Waals surface area contributed by atoms with E-state index >= 15 is 0 Å². The Bertz CT molecular complexity index is 402. The number of likely N-dealkylation sites (tertiary alicyclic amines) is 1. The van der Waals surface area contributed by atoms with Crippen LogP contribution in [0.3, 0.4) is 0 Å². The Balaban J connectivity index is 1.97. The summed E-state index contributed by atoms with van der Waals surface area (Å²) in [5.41, 5.74) is 0. The Kier molecular flexibility index (Phi) is 4.46. The molecular weight excluding hydrogens is 257 g/mol. The molecule has 7 heteroatoms. The summed E-state index contributed by atoms with van der Waals surface area (Å²) in [7, 11) is 1.92. The summed E-state index contributed by atoms with van der Waals surface area (Å²) < 4.78 is 38.4. The molecule has 108 valence electrons. The van der Waals surface area contributed by atoms with Crippen LogP contribution < -0.4 is 5.32 Å². The molecule has 0 saturated carbocycles.